The number of benzene rings is 1. The maximum absolute atomic E-state index is 12.0. The Morgan fingerprint density at radius 1 is 1.48 bits per heavy atom. The van der Waals surface area contributed by atoms with Crippen molar-refractivity contribution in [3.05, 3.63) is 23.2 Å². The molecule has 1 amide bonds. The predicted molar refractivity (Wildman–Crippen MR) is 84.6 cm³/mol. The molecule has 2 heterocycles. The average molecular weight is 345 g/mol. The number of anilines is 1. The van der Waals surface area contributed by atoms with Gasteiger partial charge in [0.05, 0.1) is 21.7 Å². The summed E-state index contributed by atoms with van der Waals surface area (Å²) >= 11 is 7.26. The first-order valence-corrected chi connectivity index (χ1v) is 9.49. The van der Waals surface area contributed by atoms with E-state index in [-0.39, 0.29) is 29.8 Å². The van der Waals surface area contributed by atoms with E-state index in [1.165, 1.54) is 11.3 Å². The number of halogens is 1. The highest BCUT2D eigenvalue weighted by atomic mass is 35.5. The van der Waals surface area contributed by atoms with Gasteiger partial charge in [-0.25, -0.2) is 13.4 Å². The molecule has 112 valence electrons. The smallest absolute Gasteiger partial charge is 0.226 e. The van der Waals surface area contributed by atoms with Gasteiger partial charge in [0, 0.05) is 11.4 Å². The number of nitrogens with one attached hydrogen (secondary N) is 1. The first kappa shape index (κ1) is 14.7. The molecule has 1 aromatic carbocycles. The summed E-state index contributed by atoms with van der Waals surface area (Å²) in [5.41, 5.74) is 0.781. The van der Waals surface area contributed by atoms with Gasteiger partial charge < -0.3 is 5.32 Å². The number of fused-ring (bicyclic) bond motifs is 1. The zero-order valence-corrected chi connectivity index (χ0v) is 13.4. The molecule has 5 nitrogen and oxygen atoms in total. The summed E-state index contributed by atoms with van der Waals surface area (Å²) < 4.78 is 23.7. The van der Waals surface area contributed by atoms with Crippen LogP contribution in [0, 0.1) is 5.92 Å². The van der Waals surface area contributed by atoms with Crippen LogP contribution in [0.5, 0.6) is 0 Å². The lowest BCUT2D eigenvalue weighted by atomic mass is 10.1. The van der Waals surface area contributed by atoms with Crippen LogP contribution in [0.4, 0.5) is 5.13 Å². The number of thiazole rings is 1. The van der Waals surface area contributed by atoms with Gasteiger partial charge in [0.1, 0.15) is 0 Å². The minimum Gasteiger partial charge on any atom is -0.302 e. The van der Waals surface area contributed by atoms with E-state index in [0.717, 1.165) is 10.2 Å². The highest BCUT2D eigenvalue weighted by Gasteiger charge is 2.29. The molecule has 0 spiro atoms. The standard InChI is InChI=1S/C13H13ClN2O3S2/c14-9-1-2-10-11(6-9)20-13(15-10)16-12(17)5-8-3-4-21(18,19)7-8/h1-2,6,8H,3-5,7H2,(H,15,16,17)/t8-/m0/s1. The first-order chi connectivity index (χ1) is 9.91. The number of nitrogens with zero attached hydrogens (tertiary/aromatic N) is 1. The Balaban J connectivity index is 1.66. The third-order valence-electron chi connectivity index (χ3n) is 3.40. The van der Waals surface area contributed by atoms with Gasteiger partial charge in [-0.15, -0.1) is 0 Å². The Morgan fingerprint density at radius 3 is 3.00 bits per heavy atom. The predicted octanol–water partition coefficient (Wildman–Crippen LogP) is 2.71. The van der Waals surface area contributed by atoms with E-state index in [9.17, 15) is 13.2 Å². The average Bonchev–Trinajstić information content (AvgIpc) is 2.91. The number of sulfone groups is 1. The van der Waals surface area contributed by atoms with Gasteiger partial charge in [0.15, 0.2) is 15.0 Å². The number of amides is 1. The number of carbonyl (C=O) groups is 1. The monoisotopic (exact) mass is 344 g/mol. The third kappa shape index (κ3) is 3.53. The summed E-state index contributed by atoms with van der Waals surface area (Å²) in [4.78, 5) is 16.3. The molecule has 2 aromatic rings. The zero-order valence-electron chi connectivity index (χ0n) is 11.0. The van der Waals surface area contributed by atoms with Gasteiger partial charge >= 0.3 is 0 Å². The second-order valence-corrected chi connectivity index (χ2v) is 8.85. The number of rotatable bonds is 3. The molecule has 8 heteroatoms. The Kier molecular flexibility index (Phi) is 3.90. The van der Waals surface area contributed by atoms with E-state index < -0.39 is 9.84 Å². The molecule has 3 rings (SSSR count). The molecule has 0 unspecified atom stereocenters. The van der Waals surface area contributed by atoms with Crippen LogP contribution in [0.1, 0.15) is 12.8 Å². The molecule has 21 heavy (non-hydrogen) atoms. The Labute approximate surface area is 131 Å². The van der Waals surface area contributed by atoms with Crippen molar-refractivity contribution >= 4 is 54.0 Å². The Morgan fingerprint density at radius 2 is 2.29 bits per heavy atom. The lowest BCUT2D eigenvalue weighted by Gasteiger charge is -2.06. The molecule has 1 aliphatic heterocycles. The summed E-state index contributed by atoms with van der Waals surface area (Å²) in [5, 5.41) is 3.87. The van der Waals surface area contributed by atoms with Crippen LogP contribution >= 0.6 is 22.9 Å². The lowest BCUT2D eigenvalue weighted by Crippen LogP contribution is -2.17. The lowest BCUT2D eigenvalue weighted by molar-refractivity contribution is -0.116. The van der Waals surface area contributed by atoms with E-state index in [4.69, 9.17) is 11.6 Å². The molecule has 0 radical (unpaired) electrons. The quantitative estimate of drug-likeness (QED) is 0.928. The van der Waals surface area contributed by atoms with E-state index in [1.54, 1.807) is 18.2 Å². The summed E-state index contributed by atoms with van der Waals surface area (Å²) in [7, 11) is -2.95. The SMILES string of the molecule is O=C(C[C@@H]1CCS(=O)(=O)C1)Nc1nc2ccc(Cl)cc2s1. The van der Waals surface area contributed by atoms with Crippen molar-refractivity contribution in [3.63, 3.8) is 0 Å². The first-order valence-electron chi connectivity index (χ1n) is 6.48. The van der Waals surface area contributed by atoms with Crippen LogP contribution in [0.25, 0.3) is 10.2 Å². The zero-order chi connectivity index (χ0) is 15.0. The topological polar surface area (TPSA) is 76.1 Å². The molecule has 1 aliphatic rings. The second-order valence-electron chi connectivity index (χ2n) is 5.15. The Bertz CT molecular complexity index is 801. The Hall–Kier alpha value is -1.18. The van der Waals surface area contributed by atoms with Crippen molar-refractivity contribution < 1.29 is 13.2 Å². The number of carbonyl (C=O) groups excluding carboxylic acids is 1. The van der Waals surface area contributed by atoms with Crippen molar-refractivity contribution in [2.45, 2.75) is 12.8 Å². The fraction of sp³-hybridized carbons (Fsp3) is 0.385. The van der Waals surface area contributed by atoms with Crippen LogP contribution < -0.4 is 5.32 Å². The molecule has 1 fully saturated rings. The van der Waals surface area contributed by atoms with Crippen molar-refractivity contribution in [1.82, 2.24) is 4.98 Å². The van der Waals surface area contributed by atoms with E-state index >= 15 is 0 Å². The van der Waals surface area contributed by atoms with E-state index in [0.29, 0.717) is 16.6 Å². The molecule has 1 atom stereocenters. The fourth-order valence-corrected chi connectivity index (χ4v) is 5.44. The molecule has 0 aliphatic carbocycles. The van der Waals surface area contributed by atoms with Crippen LogP contribution in [-0.4, -0.2) is 30.8 Å². The molecule has 0 saturated carbocycles. The normalized spacial score (nSPS) is 20.7. The van der Waals surface area contributed by atoms with Gasteiger partial charge in [-0.05, 0) is 30.5 Å². The van der Waals surface area contributed by atoms with Gasteiger partial charge in [-0.3, -0.25) is 4.79 Å². The van der Waals surface area contributed by atoms with Crippen molar-refractivity contribution in [2.75, 3.05) is 16.8 Å². The number of hydrogen-bond acceptors (Lipinski definition) is 5. The van der Waals surface area contributed by atoms with Gasteiger partial charge in [0.25, 0.3) is 0 Å². The summed E-state index contributed by atoms with van der Waals surface area (Å²) in [5.74, 6) is 0.0153. The fourth-order valence-electron chi connectivity index (χ4n) is 2.42. The summed E-state index contributed by atoms with van der Waals surface area (Å²) in [6.07, 6.45) is 0.779. The van der Waals surface area contributed by atoms with E-state index in [1.807, 2.05) is 0 Å². The van der Waals surface area contributed by atoms with Gasteiger partial charge in [-0.2, -0.15) is 0 Å². The number of aromatic nitrogens is 1. The van der Waals surface area contributed by atoms with Crippen molar-refractivity contribution in [3.8, 4) is 0 Å². The minimum atomic E-state index is -2.95. The molecule has 1 aromatic heterocycles. The molecular weight excluding hydrogens is 332 g/mol. The van der Waals surface area contributed by atoms with Crippen LogP contribution in [0.2, 0.25) is 5.02 Å². The minimum absolute atomic E-state index is 0.0844. The molecule has 1 N–H and O–H groups in total. The second kappa shape index (κ2) is 5.55. The van der Waals surface area contributed by atoms with Crippen LogP contribution in [-0.2, 0) is 14.6 Å². The largest absolute Gasteiger partial charge is 0.302 e. The molecule has 1 saturated heterocycles. The van der Waals surface area contributed by atoms with Gasteiger partial charge in [0.2, 0.25) is 5.91 Å². The third-order valence-corrected chi connectivity index (χ3v) is 6.40. The van der Waals surface area contributed by atoms with Crippen molar-refractivity contribution in [1.29, 1.82) is 0 Å². The highest BCUT2D eigenvalue weighted by molar-refractivity contribution is 7.91. The molecule has 0 bridgehead atoms. The summed E-state index contributed by atoms with van der Waals surface area (Å²) in [6, 6.07) is 5.35. The maximum Gasteiger partial charge on any atom is 0.226 e. The van der Waals surface area contributed by atoms with Crippen molar-refractivity contribution in [2.24, 2.45) is 5.92 Å². The molecular formula is C13H13ClN2O3S2. The number of hydrogen-bond donors (Lipinski definition) is 1. The van der Waals surface area contributed by atoms with E-state index in [2.05, 4.69) is 10.3 Å². The summed E-state index contributed by atoms with van der Waals surface area (Å²) in [6.45, 7) is 0. The maximum atomic E-state index is 12.0. The van der Waals surface area contributed by atoms with Crippen LogP contribution in [0.3, 0.4) is 0 Å². The van der Waals surface area contributed by atoms with Gasteiger partial charge in [-0.1, -0.05) is 22.9 Å². The van der Waals surface area contributed by atoms with Crippen LogP contribution in [0.15, 0.2) is 18.2 Å². The highest BCUT2D eigenvalue weighted by Crippen LogP contribution is 2.29.